The number of alkyl halides is 3. The molecule has 0 saturated heterocycles. The maximum Gasteiger partial charge on any atom is 0.433 e. The van der Waals surface area contributed by atoms with E-state index >= 15 is 0 Å². The van der Waals surface area contributed by atoms with E-state index in [0.717, 1.165) is 6.42 Å². The van der Waals surface area contributed by atoms with Gasteiger partial charge in [0.05, 0.1) is 5.69 Å². The minimum atomic E-state index is -4.46. The molecule has 4 nitrogen and oxygen atoms in total. The number of fused-ring (bicyclic) bond motifs is 1. The fraction of sp³-hybridized carbons (Fsp3) is 0.714. The quantitative estimate of drug-likeness (QED) is 0.908. The van der Waals surface area contributed by atoms with Crippen LogP contribution in [-0.2, 0) is 23.9 Å². The van der Waals surface area contributed by atoms with E-state index in [0.29, 0.717) is 38.2 Å². The highest BCUT2D eigenvalue weighted by molar-refractivity contribution is 5.30. The predicted molar refractivity (Wildman–Crippen MR) is 71.7 cm³/mol. The summed E-state index contributed by atoms with van der Waals surface area (Å²) in [6.45, 7) is 5.05. The van der Waals surface area contributed by atoms with Crippen LogP contribution in [0.1, 0.15) is 55.6 Å². The Hall–Kier alpha value is -1.21. The monoisotopic (exact) mass is 303 g/mol. The molecule has 2 rings (SSSR count). The number of hydrogen-bond acceptors (Lipinski definition) is 4. The summed E-state index contributed by atoms with van der Waals surface area (Å²) in [6.07, 6.45) is -3.23. The van der Waals surface area contributed by atoms with Gasteiger partial charge in [0.2, 0.25) is 0 Å². The third-order valence-electron chi connectivity index (χ3n) is 3.43. The molecule has 7 heteroatoms. The lowest BCUT2D eigenvalue weighted by Crippen LogP contribution is -2.30. The average Bonchev–Trinajstić information content (AvgIpc) is 2.45. The van der Waals surface area contributed by atoms with Gasteiger partial charge >= 0.3 is 6.18 Å². The van der Waals surface area contributed by atoms with Crippen molar-refractivity contribution in [2.75, 3.05) is 13.2 Å². The maximum absolute atomic E-state index is 13.2. The molecule has 1 aromatic rings. The molecule has 1 atom stereocenters. The minimum absolute atomic E-state index is 0.147. The zero-order valence-electron chi connectivity index (χ0n) is 12.3. The summed E-state index contributed by atoms with van der Waals surface area (Å²) >= 11 is 0. The highest BCUT2D eigenvalue weighted by atomic mass is 19.4. The van der Waals surface area contributed by atoms with Crippen LogP contribution in [0.3, 0.4) is 0 Å². The van der Waals surface area contributed by atoms with Crippen molar-refractivity contribution in [2.45, 2.75) is 51.9 Å². The number of rotatable bonds is 5. The summed E-state index contributed by atoms with van der Waals surface area (Å²) in [5, 5.41) is 3.05. The summed E-state index contributed by atoms with van der Waals surface area (Å²) in [5.74, 6) is 0.147. The molecule has 1 aromatic heterocycles. The summed E-state index contributed by atoms with van der Waals surface area (Å²) in [5.41, 5.74) is -0.138. The van der Waals surface area contributed by atoms with Gasteiger partial charge in [-0.25, -0.2) is 9.97 Å². The molecule has 0 spiro atoms. The van der Waals surface area contributed by atoms with Gasteiger partial charge in [-0.2, -0.15) is 13.2 Å². The number of hydrogen-bond donors (Lipinski definition) is 1. The SMILES string of the molecule is CCCC(OCC)c1nc2c(c(C(F)(F)F)n1)CCNC2. The summed E-state index contributed by atoms with van der Waals surface area (Å²) in [6, 6.07) is 0. The third-order valence-corrected chi connectivity index (χ3v) is 3.43. The van der Waals surface area contributed by atoms with Crippen LogP contribution in [0.5, 0.6) is 0 Å². The Kier molecular flexibility index (Phi) is 5.16. The summed E-state index contributed by atoms with van der Waals surface area (Å²) in [7, 11) is 0. The number of ether oxygens (including phenoxy) is 1. The molecule has 1 unspecified atom stereocenters. The fourth-order valence-corrected chi connectivity index (χ4v) is 2.51. The zero-order valence-corrected chi connectivity index (χ0v) is 12.3. The Morgan fingerprint density at radius 2 is 2.05 bits per heavy atom. The Balaban J connectivity index is 2.47. The summed E-state index contributed by atoms with van der Waals surface area (Å²) in [4.78, 5) is 8.13. The molecule has 0 radical (unpaired) electrons. The number of halogens is 3. The first-order valence-electron chi connectivity index (χ1n) is 7.26. The van der Waals surface area contributed by atoms with Crippen LogP contribution in [0.4, 0.5) is 13.2 Å². The smallest absolute Gasteiger partial charge is 0.371 e. The van der Waals surface area contributed by atoms with Crippen molar-refractivity contribution < 1.29 is 17.9 Å². The van der Waals surface area contributed by atoms with Crippen LogP contribution in [0, 0.1) is 0 Å². The van der Waals surface area contributed by atoms with E-state index in [1.165, 1.54) is 0 Å². The predicted octanol–water partition coefficient (Wildman–Crippen LogP) is 3.02. The van der Waals surface area contributed by atoms with E-state index in [1.54, 1.807) is 0 Å². The molecule has 2 heterocycles. The Morgan fingerprint density at radius 1 is 1.29 bits per heavy atom. The molecular weight excluding hydrogens is 283 g/mol. The van der Waals surface area contributed by atoms with Crippen molar-refractivity contribution in [1.29, 1.82) is 0 Å². The molecule has 0 fully saturated rings. The Morgan fingerprint density at radius 3 is 2.67 bits per heavy atom. The van der Waals surface area contributed by atoms with E-state index in [9.17, 15) is 13.2 Å². The van der Waals surface area contributed by atoms with Gasteiger partial charge in [0.25, 0.3) is 0 Å². The van der Waals surface area contributed by atoms with Crippen LogP contribution >= 0.6 is 0 Å². The first-order valence-corrected chi connectivity index (χ1v) is 7.26. The maximum atomic E-state index is 13.2. The van der Waals surface area contributed by atoms with Crippen molar-refractivity contribution >= 4 is 0 Å². The molecule has 1 aliphatic heterocycles. The van der Waals surface area contributed by atoms with Crippen LogP contribution < -0.4 is 5.32 Å². The lowest BCUT2D eigenvalue weighted by molar-refractivity contribution is -0.142. The molecule has 0 saturated carbocycles. The molecule has 0 bridgehead atoms. The molecular formula is C14H20F3N3O. The normalized spacial score (nSPS) is 16.6. The van der Waals surface area contributed by atoms with Gasteiger partial charge in [-0.15, -0.1) is 0 Å². The zero-order chi connectivity index (χ0) is 15.5. The lowest BCUT2D eigenvalue weighted by atomic mass is 10.0. The van der Waals surface area contributed by atoms with Crippen molar-refractivity contribution in [3.05, 3.63) is 22.8 Å². The standard InChI is InChI=1S/C14H20F3N3O/c1-3-5-11(21-4-2)13-19-10-8-18-7-6-9(10)12(20-13)14(15,16)17/h11,18H,3-8H2,1-2H3. The Labute approximate surface area is 122 Å². The van der Waals surface area contributed by atoms with Gasteiger partial charge in [0, 0.05) is 18.7 Å². The van der Waals surface area contributed by atoms with E-state index in [4.69, 9.17) is 4.74 Å². The van der Waals surface area contributed by atoms with E-state index in [2.05, 4.69) is 15.3 Å². The van der Waals surface area contributed by atoms with Gasteiger partial charge in [0.1, 0.15) is 6.10 Å². The fourth-order valence-electron chi connectivity index (χ4n) is 2.51. The largest absolute Gasteiger partial charge is 0.433 e. The second kappa shape index (κ2) is 6.70. The van der Waals surface area contributed by atoms with Gasteiger partial charge in [-0.1, -0.05) is 13.3 Å². The second-order valence-corrected chi connectivity index (χ2v) is 5.01. The van der Waals surface area contributed by atoms with E-state index in [-0.39, 0.29) is 11.4 Å². The van der Waals surface area contributed by atoms with Crippen LogP contribution in [-0.4, -0.2) is 23.1 Å². The van der Waals surface area contributed by atoms with Gasteiger partial charge < -0.3 is 10.1 Å². The molecule has 118 valence electrons. The lowest BCUT2D eigenvalue weighted by Gasteiger charge is -2.23. The number of nitrogens with one attached hydrogen (secondary N) is 1. The minimum Gasteiger partial charge on any atom is -0.371 e. The van der Waals surface area contributed by atoms with Gasteiger partial charge in [0.15, 0.2) is 11.5 Å². The van der Waals surface area contributed by atoms with Crippen molar-refractivity contribution in [3.63, 3.8) is 0 Å². The molecule has 1 N–H and O–H groups in total. The van der Waals surface area contributed by atoms with Crippen molar-refractivity contribution in [2.24, 2.45) is 0 Å². The van der Waals surface area contributed by atoms with Gasteiger partial charge in [-0.3, -0.25) is 0 Å². The topological polar surface area (TPSA) is 47.0 Å². The number of nitrogens with zero attached hydrogens (tertiary/aromatic N) is 2. The van der Waals surface area contributed by atoms with Crippen LogP contribution in [0.2, 0.25) is 0 Å². The molecule has 0 aromatic carbocycles. The second-order valence-electron chi connectivity index (χ2n) is 5.01. The number of aromatic nitrogens is 2. The van der Waals surface area contributed by atoms with Crippen molar-refractivity contribution in [1.82, 2.24) is 15.3 Å². The van der Waals surface area contributed by atoms with Crippen LogP contribution in [0.15, 0.2) is 0 Å². The van der Waals surface area contributed by atoms with Crippen molar-refractivity contribution in [3.8, 4) is 0 Å². The Bertz CT molecular complexity index is 485. The first-order chi connectivity index (χ1) is 9.97. The molecule has 0 amide bonds. The highest BCUT2D eigenvalue weighted by Crippen LogP contribution is 2.34. The van der Waals surface area contributed by atoms with E-state index in [1.807, 2.05) is 13.8 Å². The summed E-state index contributed by atoms with van der Waals surface area (Å²) < 4.78 is 45.2. The van der Waals surface area contributed by atoms with Gasteiger partial charge in [-0.05, 0) is 26.3 Å². The molecule has 1 aliphatic rings. The molecule has 21 heavy (non-hydrogen) atoms. The van der Waals surface area contributed by atoms with Crippen LogP contribution in [0.25, 0.3) is 0 Å². The van der Waals surface area contributed by atoms with E-state index < -0.39 is 18.0 Å². The third kappa shape index (κ3) is 3.71. The molecule has 0 aliphatic carbocycles. The average molecular weight is 303 g/mol. The highest BCUT2D eigenvalue weighted by Gasteiger charge is 2.38. The first kappa shape index (κ1) is 16.2.